The molecule has 242 valence electrons. The number of rotatable bonds is 9. The molecule has 1 amide bonds. The zero-order valence-electron chi connectivity index (χ0n) is 25.0. The number of alkyl halides is 2. The Morgan fingerprint density at radius 1 is 0.979 bits per heavy atom. The number of hydrogen-bond acceptors (Lipinski definition) is 7. The van der Waals surface area contributed by atoms with Crippen molar-refractivity contribution >= 4 is 43.7 Å². The number of fused-ring (bicyclic) bond motifs is 2. The van der Waals surface area contributed by atoms with Gasteiger partial charge >= 0.3 is 0 Å². The first-order valence-corrected chi connectivity index (χ1v) is 15.8. The lowest BCUT2D eigenvalue weighted by molar-refractivity contribution is 0.0822. The third kappa shape index (κ3) is 5.99. The molecule has 14 heteroatoms. The van der Waals surface area contributed by atoms with Gasteiger partial charge in [-0.05, 0) is 60.7 Å². The van der Waals surface area contributed by atoms with Gasteiger partial charge in [-0.1, -0.05) is 6.07 Å². The van der Waals surface area contributed by atoms with Crippen LogP contribution in [0.1, 0.15) is 10.4 Å². The van der Waals surface area contributed by atoms with E-state index in [1.165, 1.54) is 80.8 Å². The molecule has 4 aromatic carbocycles. The molecular weight excluding hydrogens is 642 g/mol. The maximum absolute atomic E-state index is 14.4. The zero-order chi connectivity index (χ0) is 33.6. The molecule has 0 spiro atoms. The van der Waals surface area contributed by atoms with Gasteiger partial charge < -0.3 is 18.9 Å². The average Bonchev–Trinajstić information content (AvgIpc) is 3.65. The number of anilines is 1. The van der Waals surface area contributed by atoms with Crippen molar-refractivity contribution in [2.75, 3.05) is 31.3 Å². The number of sulfonamides is 1. The summed E-state index contributed by atoms with van der Waals surface area (Å²) in [5.74, 6) is -1.68. The van der Waals surface area contributed by atoms with Gasteiger partial charge in [0.05, 0.1) is 17.5 Å². The van der Waals surface area contributed by atoms with Gasteiger partial charge in [-0.2, -0.15) is 0 Å². The summed E-state index contributed by atoms with van der Waals surface area (Å²) in [7, 11) is -1.23. The SMILES string of the molecule is CNC(=O)c1c(-c2ccc(F)cc2)oc2cc(N(C)S(C)(=O)=O)c(-c3cc(-c4nc5cccc(F)c5o4)ccc3OCC(F)F)cc12. The van der Waals surface area contributed by atoms with Gasteiger partial charge in [-0.3, -0.25) is 9.10 Å². The molecule has 0 aliphatic rings. The van der Waals surface area contributed by atoms with Gasteiger partial charge in [0, 0.05) is 47.8 Å². The number of furan rings is 1. The van der Waals surface area contributed by atoms with E-state index >= 15 is 0 Å². The van der Waals surface area contributed by atoms with Crippen LogP contribution in [0.3, 0.4) is 0 Å². The van der Waals surface area contributed by atoms with Gasteiger partial charge in [-0.25, -0.2) is 31.0 Å². The van der Waals surface area contributed by atoms with Gasteiger partial charge in [0.25, 0.3) is 12.3 Å². The van der Waals surface area contributed by atoms with Gasteiger partial charge in [0.1, 0.15) is 35.0 Å². The van der Waals surface area contributed by atoms with E-state index in [1.807, 2.05) is 0 Å². The molecule has 0 radical (unpaired) electrons. The minimum Gasteiger partial charge on any atom is -0.487 e. The monoisotopic (exact) mass is 667 g/mol. The van der Waals surface area contributed by atoms with Crippen LogP contribution in [0.5, 0.6) is 5.75 Å². The Balaban J connectivity index is 1.66. The summed E-state index contributed by atoms with van der Waals surface area (Å²) in [4.78, 5) is 17.6. The number of aromatic nitrogens is 1. The molecule has 1 N–H and O–H groups in total. The Hall–Kier alpha value is -5.37. The first-order chi connectivity index (χ1) is 22.3. The second-order valence-electron chi connectivity index (χ2n) is 10.5. The Morgan fingerprint density at radius 3 is 2.36 bits per heavy atom. The molecule has 0 unspecified atom stereocenters. The fraction of sp³-hybridized carbons (Fsp3) is 0.152. The molecule has 47 heavy (non-hydrogen) atoms. The lowest BCUT2D eigenvalue weighted by atomic mass is 9.96. The molecule has 0 saturated carbocycles. The third-order valence-corrected chi connectivity index (χ3v) is 8.64. The van der Waals surface area contributed by atoms with Crippen molar-refractivity contribution in [1.29, 1.82) is 0 Å². The van der Waals surface area contributed by atoms with Crippen molar-refractivity contribution in [1.82, 2.24) is 10.3 Å². The van der Waals surface area contributed by atoms with Crippen LogP contribution in [-0.2, 0) is 10.0 Å². The van der Waals surface area contributed by atoms with Crippen LogP contribution in [0.4, 0.5) is 23.2 Å². The van der Waals surface area contributed by atoms with E-state index in [4.69, 9.17) is 13.6 Å². The maximum Gasteiger partial charge on any atom is 0.272 e. The molecule has 2 aromatic heterocycles. The van der Waals surface area contributed by atoms with Crippen LogP contribution < -0.4 is 14.4 Å². The Labute approximate surface area is 265 Å². The van der Waals surface area contributed by atoms with Crippen LogP contribution >= 0.6 is 0 Å². The predicted octanol–water partition coefficient (Wildman–Crippen LogP) is 7.25. The Kier molecular flexibility index (Phi) is 8.13. The summed E-state index contributed by atoms with van der Waals surface area (Å²) in [6.07, 6.45) is -1.87. The number of nitrogens with zero attached hydrogens (tertiary/aromatic N) is 2. The van der Waals surface area contributed by atoms with Crippen molar-refractivity contribution in [3.05, 3.63) is 90.0 Å². The first kappa shape index (κ1) is 31.6. The largest absolute Gasteiger partial charge is 0.487 e. The summed E-state index contributed by atoms with van der Waals surface area (Å²) >= 11 is 0. The second kappa shape index (κ2) is 12.1. The van der Waals surface area contributed by atoms with E-state index in [9.17, 15) is 30.8 Å². The second-order valence-corrected chi connectivity index (χ2v) is 12.5. The highest BCUT2D eigenvalue weighted by Gasteiger charge is 2.27. The normalized spacial score (nSPS) is 11.8. The molecule has 2 heterocycles. The maximum atomic E-state index is 14.4. The topological polar surface area (TPSA) is 115 Å². The number of para-hydroxylation sites is 1. The Bertz CT molecular complexity index is 2270. The van der Waals surface area contributed by atoms with Crippen molar-refractivity contribution in [3.63, 3.8) is 0 Å². The number of nitrogens with one attached hydrogen (secondary N) is 1. The summed E-state index contributed by atoms with van der Waals surface area (Å²) < 4.78 is 98.8. The number of halogens is 4. The number of carbonyl (C=O) groups excluding carboxylic acids is 1. The molecule has 0 aliphatic carbocycles. The minimum absolute atomic E-state index is 0.00110. The van der Waals surface area contributed by atoms with E-state index < -0.39 is 40.6 Å². The van der Waals surface area contributed by atoms with Crippen molar-refractivity contribution in [3.8, 4) is 39.7 Å². The molecule has 0 bridgehead atoms. The number of amides is 1. The van der Waals surface area contributed by atoms with Gasteiger partial charge in [-0.15, -0.1) is 0 Å². The lowest BCUT2D eigenvalue weighted by Crippen LogP contribution is -2.25. The van der Waals surface area contributed by atoms with Crippen LogP contribution in [-0.4, -0.2) is 52.7 Å². The minimum atomic E-state index is -3.92. The number of benzene rings is 4. The van der Waals surface area contributed by atoms with Crippen LogP contribution in [0, 0.1) is 11.6 Å². The van der Waals surface area contributed by atoms with Crippen molar-refractivity contribution in [2.24, 2.45) is 0 Å². The number of hydrogen-bond donors (Lipinski definition) is 1. The average molecular weight is 668 g/mol. The van der Waals surface area contributed by atoms with E-state index in [0.717, 1.165) is 10.6 Å². The fourth-order valence-electron chi connectivity index (χ4n) is 5.13. The van der Waals surface area contributed by atoms with E-state index in [-0.39, 0.29) is 61.8 Å². The lowest BCUT2D eigenvalue weighted by Gasteiger charge is -2.22. The molecule has 6 aromatic rings. The highest BCUT2D eigenvalue weighted by molar-refractivity contribution is 7.92. The van der Waals surface area contributed by atoms with Crippen LogP contribution in [0.2, 0.25) is 0 Å². The quantitative estimate of drug-likeness (QED) is 0.162. The van der Waals surface area contributed by atoms with E-state index in [0.29, 0.717) is 11.1 Å². The molecule has 0 saturated heterocycles. The zero-order valence-corrected chi connectivity index (χ0v) is 25.8. The predicted molar refractivity (Wildman–Crippen MR) is 168 cm³/mol. The molecule has 9 nitrogen and oxygen atoms in total. The summed E-state index contributed by atoms with van der Waals surface area (Å²) in [6, 6.07) is 16.7. The standard InChI is InChI=1S/C33H25F4N3O6S/c1-38-32(41)29-22-14-20(25(40(2)47(3,42)43)15-27(22)45-30(29)17-7-10-19(34)11-8-17)21-13-18(9-12-26(21)44-16-28(36)37)33-39-24-6-4-5-23(35)31(24)46-33/h4-15,28H,16H2,1-3H3,(H,38,41). The summed E-state index contributed by atoms with van der Waals surface area (Å²) in [5.41, 5.74) is 1.29. The number of oxazole rings is 1. The molecule has 0 aliphatic heterocycles. The smallest absolute Gasteiger partial charge is 0.272 e. The van der Waals surface area contributed by atoms with Gasteiger partial charge in [0.15, 0.2) is 11.4 Å². The first-order valence-electron chi connectivity index (χ1n) is 14.0. The highest BCUT2D eigenvalue weighted by Crippen LogP contribution is 2.45. The van der Waals surface area contributed by atoms with E-state index in [1.54, 1.807) is 6.07 Å². The molecule has 6 rings (SSSR count). The van der Waals surface area contributed by atoms with E-state index in [2.05, 4.69) is 10.3 Å². The molecular formula is C33H25F4N3O6S. The van der Waals surface area contributed by atoms with Gasteiger partial charge in [0.2, 0.25) is 15.9 Å². The number of carbonyl (C=O) groups is 1. The van der Waals surface area contributed by atoms with Crippen molar-refractivity contribution < 1.29 is 44.3 Å². The molecule has 0 fully saturated rings. The molecule has 0 atom stereocenters. The number of ether oxygens (including phenoxy) is 1. The summed E-state index contributed by atoms with van der Waals surface area (Å²) in [6.45, 7) is -0.982. The van der Waals surface area contributed by atoms with Crippen LogP contribution in [0.25, 0.3) is 56.0 Å². The fourth-order valence-corrected chi connectivity index (χ4v) is 5.64. The highest BCUT2D eigenvalue weighted by atomic mass is 32.2. The Morgan fingerprint density at radius 2 is 1.70 bits per heavy atom. The third-order valence-electron chi connectivity index (χ3n) is 7.45. The summed E-state index contributed by atoms with van der Waals surface area (Å²) in [5, 5.41) is 2.79. The van der Waals surface area contributed by atoms with Crippen LogP contribution in [0.15, 0.2) is 81.6 Å². The van der Waals surface area contributed by atoms with Crippen molar-refractivity contribution in [2.45, 2.75) is 6.43 Å².